The van der Waals surface area contributed by atoms with Crippen LogP contribution in [0.1, 0.15) is 64.2 Å². The quantitative estimate of drug-likeness (QED) is 0.591. The largest absolute Gasteiger partial charge is 0.465 e. The van der Waals surface area contributed by atoms with E-state index in [1.807, 2.05) is 12.1 Å². The first kappa shape index (κ1) is 24.9. The van der Waals surface area contributed by atoms with E-state index in [4.69, 9.17) is 19.7 Å². The third-order valence-corrected chi connectivity index (χ3v) is 7.69. The standard InChI is InChI=1S/C20H29N3O4.C6H12O/c24-20(25)21-16-6-4-15(5-7-16)8-9-22-10-12-23(13-11-22)17-2-1-3-18-19(17)27-14-26-18;7-6-4-2-1-3-5-6/h1-3,15-16,21H,4-14H2,(H,24,25);6-7H,1-5H2/t15-,16-;. The van der Waals surface area contributed by atoms with Gasteiger partial charge in [-0.3, -0.25) is 4.90 Å². The molecule has 0 bridgehead atoms. The molecule has 0 radical (unpaired) electrons. The van der Waals surface area contributed by atoms with Crippen molar-refractivity contribution in [3.05, 3.63) is 18.2 Å². The van der Waals surface area contributed by atoms with Crippen molar-refractivity contribution in [3.63, 3.8) is 0 Å². The molecule has 2 aliphatic heterocycles. The molecule has 2 heterocycles. The van der Waals surface area contributed by atoms with Crippen LogP contribution in [0.15, 0.2) is 18.2 Å². The SMILES string of the molecule is O=C(O)N[C@H]1CC[C@H](CCN2CCN(c3cccc4c3OCO4)CC2)CC1.OC1CCCCC1. The van der Waals surface area contributed by atoms with Gasteiger partial charge in [0.25, 0.3) is 0 Å². The summed E-state index contributed by atoms with van der Waals surface area (Å²) in [4.78, 5) is 15.7. The summed E-state index contributed by atoms with van der Waals surface area (Å²) in [7, 11) is 0. The Hall–Kier alpha value is -2.19. The number of aliphatic hydroxyl groups excluding tert-OH is 1. The Morgan fingerprint density at radius 1 is 0.971 bits per heavy atom. The van der Waals surface area contributed by atoms with E-state index in [1.54, 1.807) is 0 Å². The molecule has 3 N–H and O–H groups in total. The van der Waals surface area contributed by atoms with Gasteiger partial charge in [0.15, 0.2) is 11.5 Å². The molecule has 1 aromatic rings. The van der Waals surface area contributed by atoms with Crippen molar-refractivity contribution < 1.29 is 24.5 Å². The van der Waals surface area contributed by atoms with Crippen LogP contribution in [0.2, 0.25) is 0 Å². The summed E-state index contributed by atoms with van der Waals surface area (Å²) in [6, 6.07) is 6.27. The highest BCUT2D eigenvalue weighted by molar-refractivity contribution is 5.66. The van der Waals surface area contributed by atoms with Crippen LogP contribution in [-0.4, -0.2) is 72.9 Å². The lowest BCUT2D eigenvalue weighted by molar-refractivity contribution is 0.130. The van der Waals surface area contributed by atoms with Crippen molar-refractivity contribution in [2.75, 3.05) is 44.4 Å². The fourth-order valence-electron chi connectivity index (χ4n) is 5.59. The number of nitrogens with one attached hydrogen (secondary N) is 1. The van der Waals surface area contributed by atoms with E-state index in [2.05, 4.69) is 21.2 Å². The second kappa shape index (κ2) is 12.5. The number of rotatable bonds is 5. The Balaban J connectivity index is 0.000000336. The Bertz CT molecular complexity index is 770. The number of piperazine rings is 1. The third-order valence-electron chi connectivity index (χ3n) is 7.69. The molecule has 8 heteroatoms. The van der Waals surface area contributed by atoms with Crippen molar-refractivity contribution in [2.24, 2.45) is 5.92 Å². The van der Waals surface area contributed by atoms with Crippen LogP contribution in [-0.2, 0) is 0 Å². The lowest BCUT2D eigenvalue weighted by Gasteiger charge is -2.37. The number of carbonyl (C=O) groups is 1. The van der Waals surface area contributed by atoms with Gasteiger partial charge in [-0.15, -0.1) is 0 Å². The Labute approximate surface area is 203 Å². The Morgan fingerprint density at radius 3 is 2.35 bits per heavy atom. The summed E-state index contributed by atoms with van der Waals surface area (Å²) in [6.45, 7) is 5.61. The van der Waals surface area contributed by atoms with Gasteiger partial charge >= 0.3 is 6.09 Å². The molecule has 0 aromatic heterocycles. The fraction of sp³-hybridized carbons (Fsp3) is 0.731. The average molecular weight is 476 g/mol. The lowest BCUT2D eigenvalue weighted by atomic mass is 9.84. The molecule has 0 unspecified atom stereocenters. The van der Waals surface area contributed by atoms with Gasteiger partial charge in [0.2, 0.25) is 6.79 Å². The second-order valence-electron chi connectivity index (χ2n) is 10.1. The first-order valence-corrected chi connectivity index (χ1v) is 13.1. The number of benzene rings is 1. The van der Waals surface area contributed by atoms with E-state index in [9.17, 15) is 4.79 Å². The predicted octanol–water partition coefficient (Wildman–Crippen LogP) is 4.07. The number of para-hydroxylation sites is 1. The predicted molar refractivity (Wildman–Crippen MR) is 132 cm³/mol. The summed E-state index contributed by atoms with van der Waals surface area (Å²) in [6.07, 6.45) is 10.5. The number of ether oxygens (including phenoxy) is 2. The van der Waals surface area contributed by atoms with Gasteiger partial charge in [0.05, 0.1) is 11.8 Å². The van der Waals surface area contributed by atoms with Crippen LogP contribution >= 0.6 is 0 Å². The van der Waals surface area contributed by atoms with Crippen molar-refractivity contribution in [2.45, 2.75) is 76.4 Å². The molecule has 0 atom stereocenters. The van der Waals surface area contributed by atoms with E-state index in [-0.39, 0.29) is 12.1 Å². The summed E-state index contributed by atoms with van der Waals surface area (Å²) in [5.41, 5.74) is 1.15. The first-order valence-electron chi connectivity index (χ1n) is 13.1. The summed E-state index contributed by atoms with van der Waals surface area (Å²) in [5.74, 6) is 2.47. The van der Waals surface area contributed by atoms with Crippen LogP contribution in [0.3, 0.4) is 0 Å². The normalized spacial score (nSPS) is 25.4. The van der Waals surface area contributed by atoms with Gasteiger partial charge < -0.3 is 29.9 Å². The maximum absolute atomic E-state index is 10.7. The smallest absolute Gasteiger partial charge is 0.404 e. The number of carboxylic acid groups (broad SMARTS) is 1. The highest BCUT2D eigenvalue weighted by Crippen LogP contribution is 2.41. The molecule has 4 aliphatic rings. The van der Waals surface area contributed by atoms with Crippen molar-refractivity contribution in [3.8, 4) is 11.5 Å². The zero-order valence-electron chi connectivity index (χ0n) is 20.3. The molecule has 2 aliphatic carbocycles. The van der Waals surface area contributed by atoms with Crippen LogP contribution in [0.5, 0.6) is 11.5 Å². The molecule has 1 aromatic carbocycles. The highest BCUT2D eigenvalue weighted by Gasteiger charge is 2.26. The van der Waals surface area contributed by atoms with E-state index in [0.29, 0.717) is 6.79 Å². The van der Waals surface area contributed by atoms with Crippen LogP contribution in [0.4, 0.5) is 10.5 Å². The molecular formula is C26H41N3O5. The minimum absolute atomic E-state index is 0.0359. The van der Waals surface area contributed by atoms with Gasteiger partial charge in [-0.05, 0) is 69.5 Å². The first-order chi connectivity index (χ1) is 16.6. The minimum Gasteiger partial charge on any atom is -0.465 e. The molecule has 2 saturated carbocycles. The van der Waals surface area contributed by atoms with Gasteiger partial charge in [-0.1, -0.05) is 25.3 Å². The monoisotopic (exact) mass is 475 g/mol. The lowest BCUT2D eigenvalue weighted by Crippen LogP contribution is -2.47. The Kier molecular flexibility index (Phi) is 9.16. The van der Waals surface area contributed by atoms with Crippen molar-refractivity contribution in [1.29, 1.82) is 0 Å². The summed E-state index contributed by atoms with van der Waals surface area (Å²) in [5, 5.41) is 20.4. The third kappa shape index (κ3) is 7.15. The maximum atomic E-state index is 10.7. The summed E-state index contributed by atoms with van der Waals surface area (Å²) < 4.78 is 11.1. The number of hydrogen-bond donors (Lipinski definition) is 3. The molecule has 1 saturated heterocycles. The summed E-state index contributed by atoms with van der Waals surface area (Å²) >= 11 is 0. The number of nitrogens with zero attached hydrogens (tertiary/aromatic N) is 2. The van der Waals surface area contributed by atoms with Crippen molar-refractivity contribution >= 4 is 11.8 Å². The van der Waals surface area contributed by atoms with Gasteiger partial charge in [-0.2, -0.15) is 0 Å². The van der Waals surface area contributed by atoms with Crippen LogP contribution < -0.4 is 19.7 Å². The van der Waals surface area contributed by atoms with E-state index in [1.165, 1.54) is 25.7 Å². The molecule has 1 amide bonds. The van der Waals surface area contributed by atoms with Gasteiger partial charge in [0.1, 0.15) is 0 Å². The van der Waals surface area contributed by atoms with Crippen LogP contribution in [0, 0.1) is 5.92 Å². The van der Waals surface area contributed by atoms with E-state index < -0.39 is 6.09 Å². The molecule has 34 heavy (non-hydrogen) atoms. The number of fused-ring (bicyclic) bond motifs is 1. The fourth-order valence-corrected chi connectivity index (χ4v) is 5.59. The molecule has 8 nitrogen and oxygen atoms in total. The topological polar surface area (TPSA) is 94.5 Å². The number of amides is 1. The van der Waals surface area contributed by atoms with Gasteiger partial charge in [-0.25, -0.2) is 4.79 Å². The number of hydrogen-bond acceptors (Lipinski definition) is 6. The molecule has 190 valence electrons. The van der Waals surface area contributed by atoms with Crippen molar-refractivity contribution in [1.82, 2.24) is 10.2 Å². The molecule has 5 rings (SSSR count). The number of aliphatic hydroxyl groups is 1. The zero-order valence-corrected chi connectivity index (χ0v) is 20.3. The van der Waals surface area contributed by atoms with E-state index >= 15 is 0 Å². The molecule has 0 spiro atoms. The number of anilines is 1. The zero-order chi connectivity index (χ0) is 23.8. The second-order valence-corrected chi connectivity index (χ2v) is 10.1. The average Bonchev–Trinajstić information content (AvgIpc) is 3.34. The van der Waals surface area contributed by atoms with E-state index in [0.717, 1.165) is 94.4 Å². The highest BCUT2D eigenvalue weighted by atomic mass is 16.7. The maximum Gasteiger partial charge on any atom is 0.404 e. The molecule has 3 fully saturated rings. The minimum atomic E-state index is -0.891. The Morgan fingerprint density at radius 2 is 1.71 bits per heavy atom. The van der Waals surface area contributed by atoms with Crippen LogP contribution in [0.25, 0.3) is 0 Å². The molecular weight excluding hydrogens is 434 g/mol. The van der Waals surface area contributed by atoms with Gasteiger partial charge in [0, 0.05) is 32.2 Å².